The van der Waals surface area contributed by atoms with Gasteiger partial charge in [0.05, 0.1) is 10.5 Å². The van der Waals surface area contributed by atoms with Crippen molar-refractivity contribution in [1.29, 1.82) is 0 Å². The topological polar surface area (TPSA) is 47.0 Å². The van der Waals surface area contributed by atoms with Crippen LogP contribution in [0.15, 0.2) is 15.6 Å². The fourth-order valence-corrected chi connectivity index (χ4v) is 3.76. The Kier molecular flexibility index (Phi) is 4.29. The molecule has 9 heteroatoms. The quantitative estimate of drug-likeness (QED) is 0.409. The predicted octanol–water partition coefficient (Wildman–Crippen LogP) is 3.31. The number of rotatable bonds is 2. The van der Waals surface area contributed by atoms with Crippen molar-refractivity contribution in [2.24, 2.45) is 0 Å². The van der Waals surface area contributed by atoms with E-state index in [1.54, 1.807) is 22.6 Å². The van der Waals surface area contributed by atoms with Gasteiger partial charge in [-0.1, -0.05) is 0 Å². The van der Waals surface area contributed by atoms with Gasteiger partial charge in [-0.05, 0) is 44.6 Å². The summed E-state index contributed by atoms with van der Waals surface area (Å²) in [6.45, 7) is 0. The van der Waals surface area contributed by atoms with Crippen LogP contribution >= 0.6 is 49.2 Å². The maximum absolute atomic E-state index is 12.6. The van der Waals surface area contributed by atoms with E-state index in [0.29, 0.717) is 0 Å². The highest BCUT2D eigenvalue weighted by atomic mass is 127. The fraction of sp³-hybridized carbons (Fsp3) is 0.167. The third kappa shape index (κ3) is 3.21. The number of nitrogens with zero attached hydrogens (tertiary/aromatic N) is 1. The van der Waals surface area contributed by atoms with E-state index in [9.17, 15) is 17.2 Å². The predicted molar refractivity (Wildman–Crippen MR) is 62.6 cm³/mol. The fourth-order valence-electron chi connectivity index (χ4n) is 0.873. The van der Waals surface area contributed by atoms with E-state index in [4.69, 9.17) is 10.7 Å². The second-order valence-corrected chi connectivity index (χ2v) is 6.78. The number of alkyl halides is 2. The smallest absolute Gasteiger partial charge is 0.234 e. The molecular formula is C6H2BrClF2INO2S. The van der Waals surface area contributed by atoms with Crippen LogP contribution in [0, 0.1) is 3.70 Å². The van der Waals surface area contributed by atoms with Crippen LogP contribution in [0.2, 0.25) is 0 Å². The van der Waals surface area contributed by atoms with Crippen LogP contribution < -0.4 is 0 Å². The minimum atomic E-state index is -4.21. The molecule has 0 bridgehead atoms. The summed E-state index contributed by atoms with van der Waals surface area (Å²) in [5.74, 6) is 0. The van der Waals surface area contributed by atoms with Crippen LogP contribution in [-0.2, 0) is 9.05 Å². The standard InChI is InChI=1S/C6H2BrClF2INO2S/c7-5-4(6(9)10)2(15(8,13)14)1-3(11)12-5/h1,6H. The summed E-state index contributed by atoms with van der Waals surface area (Å²) < 4.78 is 47.2. The summed E-state index contributed by atoms with van der Waals surface area (Å²) >= 11 is 4.47. The molecule has 0 unspecified atom stereocenters. The maximum Gasteiger partial charge on any atom is 0.267 e. The Hall–Kier alpha value is 0.460. The van der Waals surface area contributed by atoms with E-state index < -0.39 is 25.9 Å². The van der Waals surface area contributed by atoms with E-state index in [-0.39, 0.29) is 8.30 Å². The molecule has 0 atom stereocenters. The molecule has 0 saturated carbocycles. The molecule has 0 aliphatic heterocycles. The average Bonchev–Trinajstić information content (AvgIpc) is 1.99. The van der Waals surface area contributed by atoms with Crippen molar-refractivity contribution in [1.82, 2.24) is 4.98 Å². The minimum Gasteiger partial charge on any atom is -0.234 e. The van der Waals surface area contributed by atoms with Crippen LogP contribution in [-0.4, -0.2) is 13.4 Å². The molecule has 84 valence electrons. The van der Waals surface area contributed by atoms with Gasteiger partial charge < -0.3 is 0 Å². The van der Waals surface area contributed by atoms with Crippen LogP contribution in [0.3, 0.4) is 0 Å². The average molecular weight is 432 g/mol. The number of halogens is 5. The lowest BCUT2D eigenvalue weighted by molar-refractivity contribution is 0.146. The SMILES string of the molecule is O=S(=O)(Cl)c1cc(I)nc(Br)c1C(F)F. The largest absolute Gasteiger partial charge is 0.267 e. The van der Waals surface area contributed by atoms with Gasteiger partial charge in [0, 0.05) is 10.7 Å². The second kappa shape index (κ2) is 4.76. The highest BCUT2D eigenvalue weighted by Crippen LogP contribution is 2.34. The van der Waals surface area contributed by atoms with Gasteiger partial charge in [-0.25, -0.2) is 22.2 Å². The lowest BCUT2D eigenvalue weighted by atomic mass is 10.3. The van der Waals surface area contributed by atoms with Crippen molar-refractivity contribution >= 4 is 58.3 Å². The monoisotopic (exact) mass is 431 g/mol. The number of hydrogen-bond donors (Lipinski definition) is 0. The van der Waals surface area contributed by atoms with Gasteiger partial charge in [-0.3, -0.25) is 0 Å². The van der Waals surface area contributed by atoms with Gasteiger partial charge in [0.1, 0.15) is 8.30 Å². The Labute approximate surface area is 111 Å². The highest BCUT2D eigenvalue weighted by Gasteiger charge is 2.26. The summed E-state index contributed by atoms with van der Waals surface area (Å²) in [5.41, 5.74) is -0.717. The van der Waals surface area contributed by atoms with Crippen molar-refractivity contribution in [2.75, 3.05) is 0 Å². The molecule has 0 fully saturated rings. The summed E-state index contributed by atoms with van der Waals surface area (Å²) in [6.07, 6.45) is -2.97. The van der Waals surface area contributed by atoms with E-state index in [1.165, 1.54) is 0 Å². The third-order valence-corrected chi connectivity index (χ3v) is 3.94. The Balaban J connectivity index is 3.62. The highest BCUT2D eigenvalue weighted by molar-refractivity contribution is 14.1. The molecule has 0 aromatic carbocycles. The van der Waals surface area contributed by atoms with E-state index in [2.05, 4.69) is 20.9 Å². The van der Waals surface area contributed by atoms with Gasteiger partial charge >= 0.3 is 0 Å². The first-order valence-corrected chi connectivity index (χ1v) is 7.50. The van der Waals surface area contributed by atoms with Gasteiger partial charge in [0.25, 0.3) is 15.5 Å². The zero-order valence-corrected chi connectivity index (χ0v) is 12.0. The molecule has 3 nitrogen and oxygen atoms in total. The molecule has 1 aromatic rings. The van der Waals surface area contributed by atoms with Crippen molar-refractivity contribution < 1.29 is 17.2 Å². The molecule has 1 aromatic heterocycles. The Morgan fingerprint density at radius 1 is 1.53 bits per heavy atom. The minimum absolute atomic E-state index is 0.219. The summed E-state index contributed by atoms with van der Waals surface area (Å²) in [6, 6.07) is 0.995. The molecule has 1 rings (SSSR count). The van der Waals surface area contributed by atoms with Gasteiger partial charge in [-0.15, -0.1) is 0 Å². The maximum atomic E-state index is 12.6. The Bertz CT molecular complexity index is 496. The molecule has 0 N–H and O–H groups in total. The zero-order valence-electron chi connectivity index (χ0n) is 6.72. The van der Waals surface area contributed by atoms with Crippen LogP contribution in [0.4, 0.5) is 8.78 Å². The van der Waals surface area contributed by atoms with Crippen LogP contribution in [0.25, 0.3) is 0 Å². The number of pyridine rings is 1. The Morgan fingerprint density at radius 3 is 2.47 bits per heavy atom. The third-order valence-electron chi connectivity index (χ3n) is 1.42. The molecule has 15 heavy (non-hydrogen) atoms. The molecular weight excluding hydrogens is 430 g/mol. The first-order valence-electron chi connectivity index (χ1n) is 3.32. The second-order valence-electron chi connectivity index (χ2n) is 2.39. The molecule has 0 saturated heterocycles. The molecule has 0 radical (unpaired) electrons. The first-order chi connectivity index (χ1) is 6.73. The lowest BCUT2D eigenvalue weighted by Crippen LogP contribution is -2.03. The van der Waals surface area contributed by atoms with E-state index in [1.807, 2.05) is 0 Å². The molecule has 1 heterocycles. The van der Waals surface area contributed by atoms with Crippen LogP contribution in [0.5, 0.6) is 0 Å². The summed E-state index contributed by atoms with van der Waals surface area (Å²) in [7, 11) is 0.833. The molecule has 0 amide bonds. The molecule has 0 aliphatic carbocycles. The van der Waals surface area contributed by atoms with Crippen molar-refractivity contribution in [2.45, 2.75) is 11.3 Å². The molecule has 0 aliphatic rings. The van der Waals surface area contributed by atoms with E-state index >= 15 is 0 Å². The first kappa shape index (κ1) is 13.5. The van der Waals surface area contributed by atoms with Gasteiger partial charge in [0.2, 0.25) is 0 Å². The van der Waals surface area contributed by atoms with Crippen LogP contribution in [0.1, 0.15) is 12.0 Å². The Morgan fingerprint density at radius 2 is 2.07 bits per heavy atom. The number of aromatic nitrogens is 1. The van der Waals surface area contributed by atoms with Gasteiger partial charge in [0.15, 0.2) is 0 Å². The van der Waals surface area contributed by atoms with Gasteiger partial charge in [-0.2, -0.15) is 0 Å². The van der Waals surface area contributed by atoms with Crippen molar-refractivity contribution in [3.05, 3.63) is 19.9 Å². The lowest BCUT2D eigenvalue weighted by Gasteiger charge is -2.08. The van der Waals surface area contributed by atoms with E-state index in [0.717, 1.165) is 6.07 Å². The summed E-state index contributed by atoms with van der Waals surface area (Å²) in [5, 5.41) is 0. The summed E-state index contributed by atoms with van der Waals surface area (Å²) in [4.78, 5) is 3.05. The van der Waals surface area contributed by atoms with Crippen molar-refractivity contribution in [3.8, 4) is 0 Å². The zero-order chi connectivity index (χ0) is 11.8. The number of hydrogen-bond acceptors (Lipinski definition) is 3. The van der Waals surface area contributed by atoms with Crippen molar-refractivity contribution in [3.63, 3.8) is 0 Å². The molecule has 0 spiro atoms. The normalized spacial score (nSPS) is 12.1.